The van der Waals surface area contributed by atoms with E-state index in [1.54, 1.807) is 0 Å². The smallest absolute Gasteiger partial charge is 0.169 e. The highest BCUT2D eigenvalue weighted by molar-refractivity contribution is 7.80. The van der Waals surface area contributed by atoms with Gasteiger partial charge in [-0.2, -0.15) is 0 Å². The second-order valence-electron chi connectivity index (χ2n) is 5.77. The first-order valence-corrected chi connectivity index (χ1v) is 7.87. The van der Waals surface area contributed by atoms with Gasteiger partial charge in [-0.25, -0.2) is 0 Å². The molecule has 1 atom stereocenters. The summed E-state index contributed by atoms with van der Waals surface area (Å²) in [6.45, 7) is 5.56. The van der Waals surface area contributed by atoms with Crippen LogP contribution in [0.15, 0.2) is 0 Å². The molecule has 1 saturated carbocycles. The normalized spacial score (nSPS) is 27.2. The van der Waals surface area contributed by atoms with E-state index in [0.29, 0.717) is 12.1 Å². The van der Waals surface area contributed by atoms with E-state index >= 15 is 0 Å². The Morgan fingerprint density at radius 1 is 1.22 bits per heavy atom. The van der Waals surface area contributed by atoms with Gasteiger partial charge in [0.15, 0.2) is 5.11 Å². The van der Waals surface area contributed by atoms with Gasteiger partial charge in [-0.1, -0.05) is 26.2 Å². The van der Waals surface area contributed by atoms with E-state index in [-0.39, 0.29) is 0 Å². The zero-order valence-corrected chi connectivity index (χ0v) is 12.6. The molecule has 1 unspecified atom stereocenters. The lowest BCUT2D eigenvalue weighted by Gasteiger charge is -2.41. The van der Waals surface area contributed by atoms with Crippen LogP contribution < -0.4 is 5.32 Å². The van der Waals surface area contributed by atoms with Crippen LogP contribution in [-0.2, 0) is 0 Å². The highest BCUT2D eigenvalue weighted by Gasteiger charge is 2.25. The van der Waals surface area contributed by atoms with Crippen molar-refractivity contribution in [2.24, 2.45) is 0 Å². The fourth-order valence-electron chi connectivity index (χ4n) is 3.08. The zero-order valence-electron chi connectivity index (χ0n) is 11.8. The Bertz CT molecular complexity index is 276. The average Bonchev–Trinajstić information content (AvgIpc) is 2.40. The van der Waals surface area contributed by atoms with Gasteiger partial charge in [0.05, 0.1) is 0 Å². The molecule has 0 amide bonds. The fraction of sp³-hybridized carbons (Fsp3) is 0.929. The van der Waals surface area contributed by atoms with E-state index in [4.69, 9.17) is 12.2 Å². The summed E-state index contributed by atoms with van der Waals surface area (Å²) in [6.07, 6.45) is 7.92. The number of likely N-dealkylation sites (N-methyl/N-ethyl adjacent to an activating group) is 1. The molecule has 0 bridgehead atoms. The van der Waals surface area contributed by atoms with Crippen molar-refractivity contribution in [3.63, 3.8) is 0 Å². The van der Waals surface area contributed by atoms with Gasteiger partial charge in [0.1, 0.15) is 0 Å². The van der Waals surface area contributed by atoms with E-state index in [9.17, 15) is 0 Å². The molecule has 4 heteroatoms. The molecule has 18 heavy (non-hydrogen) atoms. The predicted molar refractivity (Wildman–Crippen MR) is 80.9 cm³/mol. The molecule has 1 aliphatic carbocycles. The van der Waals surface area contributed by atoms with Crippen LogP contribution in [0.3, 0.4) is 0 Å². The van der Waals surface area contributed by atoms with Crippen molar-refractivity contribution < 1.29 is 0 Å². The summed E-state index contributed by atoms with van der Waals surface area (Å²) in [5.74, 6) is 0. The first-order chi connectivity index (χ1) is 8.70. The van der Waals surface area contributed by atoms with Gasteiger partial charge in [-0.3, -0.25) is 4.90 Å². The van der Waals surface area contributed by atoms with Gasteiger partial charge in [0.25, 0.3) is 0 Å². The quantitative estimate of drug-likeness (QED) is 0.775. The van der Waals surface area contributed by atoms with E-state index in [1.807, 2.05) is 0 Å². The maximum absolute atomic E-state index is 5.59. The van der Waals surface area contributed by atoms with Crippen molar-refractivity contribution in [2.75, 3.05) is 26.7 Å². The van der Waals surface area contributed by atoms with Crippen molar-refractivity contribution >= 4 is 17.3 Å². The number of rotatable bonds is 2. The minimum atomic E-state index is 0.631. The van der Waals surface area contributed by atoms with Gasteiger partial charge in [-0.15, -0.1) is 0 Å². The fourth-order valence-corrected chi connectivity index (χ4v) is 3.42. The second-order valence-corrected chi connectivity index (χ2v) is 6.16. The standard InChI is InChI=1S/C14H27N3S/c1-3-13-11-17(10-9-16(13)2)14(18)15-12-7-5-4-6-8-12/h12-13H,3-11H2,1-2H3,(H,15,18). The minimum absolute atomic E-state index is 0.631. The molecule has 3 nitrogen and oxygen atoms in total. The highest BCUT2D eigenvalue weighted by Crippen LogP contribution is 2.18. The van der Waals surface area contributed by atoms with E-state index < -0.39 is 0 Å². The van der Waals surface area contributed by atoms with E-state index in [2.05, 4.69) is 29.1 Å². The second kappa shape index (κ2) is 6.71. The van der Waals surface area contributed by atoms with Gasteiger partial charge < -0.3 is 10.2 Å². The molecule has 104 valence electrons. The number of piperazine rings is 1. The lowest BCUT2D eigenvalue weighted by Crippen LogP contribution is -2.56. The molecule has 0 aromatic heterocycles. The SMILES string of the molecule is CCC1CN(C(=S)NC2CCCCC2)CCN1C. The third-order valence-electron chi connectivity index (χ3n) is 4.47. The van der Waals surface area contributed by atoms with Gasteiger partial charge in [-0.05, 0) is 38.5 Å². The predicted octanol–water partition coefficient (Wildman–Crippen LogP) is 2.22. The van der Waals surface area contributed by atoms with Crippen LogP contribution >= 0.6 is 12.2 Å². The minimum Gasteiger partial charge on any atom is -0.360 e. The van der Waals surface area contributed by atoms with Crippen molar-refractivity contribution in [2.45, 2.75) is 57.5 Å². The van der Waals surface area contributed by atoms with Crippen molar-refractivity contribution in [3.05, 3.63) is 0 Å². The number of nitrogens with zero attached hydrogens (tertiary/aromatic N) is 2. The molecule has 1 heterocycles. The molecule has 0 aromatic carbocycles. The van der Waals surface area contributed by atoms with Crippen LogP contribution in [0.2, 0.25) is 0 Å². The van der Waals surface area contributed by atoms with Crippen LogP contribution in [0.5, 0.6) is 0 Å². The highest BCUT2D eigenvalue weighted by atomic mass is 32.1. The molecular weight excluding hydrogens is 242 g/mol. The summed E-state index contributed by atoms with van der Waals surface area (Å²) in [5.41, 5.74) is 0. The third-order valence-corrected chi connectivity index (χ3v) is 4.84. The van der Waals surface area contributed by atoms with Gasteiger partial charge >= 0.3 is 0 Å². The lowest BCUT2D eigenvalue weighted by molar-refractivity contribution is 0.136. The molecular formula is C14H27N3S. The van der Waals surface area contributed by atoms with Crippen LogP contribution in [-0.4, -0.2) is 53.7 Å². The molecule has 0 radical (unpaired) electrons. The Kier molecular flexibility index (Phi) is 5.25. The number of thiocarbonyl (C=S) groups is 1. The summed E-state index contributed by atoms with van der Waals surface area (Å²) >= 11 is 5.59. The Balaban J connectivity index is 1.81. The van der Waals surface area contributed by atoms with Crippen molar-refractivity contribution in [1.82, 2.24) is 15.1 Å². The Hall–Kier alpha value is -0.350. The summed E-state index contributed by atoms with van der Waals surface area (Å²) in [4.78, 5) is 4.83. The first kappa shape index (κ1) is 14.1. The Morgan fingerprint density at radius 2 is 1.94 bits per heavy atom. The molecule has 2 rings (SSSR count). The molecule has 0 spiro atoms. The monoisotopic (exact) mass is 269 g/mol. The van der Waals surface area contributed by atoms with Gasteiger partial charge in [0, 0.05) is 31.7 Å². The summed E-state index contributed by atoms with van der Waals surface area (Å²) in [5, 5.41) is 4.58. The average molecular weight is 269 g/mol. The summed E-state index contributed by atoms with van der Waals surface area (Å²) in [6, 6.07) is 1.29. The lowest BCUT2D eigenvalue weighted by atomic mass is 9.96. The van der Waals surface area contributed by atoms with Crippen LogP contribution in [0.4, 0.5) is 0 Å². The Labute approximate surface area is 117 Å². The third kappa shape index (κ3) is 3.58. The number of nitrogens with one attached hydrogen (secondary N) is 1. The van der Waals surface area contributed by atoms with Crippen LogP contribution in [0.25, 0.3) is 0 Å². The topological polar surface area (TPSA) is 18.5 Å². The summed E-state index contributed by atoms with van der Waals surface area (Å²) in [7, 11) is 2.23. The van der Waals surface area contributed by atoms with Gasteiger partial charge in [0.2, 0.25) is 0 Å². The zero-order chi connectivity index (χ0) is 13.0. The number of hydrogen-bond donors (Lipinski definition) is 1. The molecule has 0 aromatic rings. The first-order valence-electron chi connectivity index (χ1n) is 7.46. The van der Waals surface area contributed by atoms with Crippen LogP contribution in [0, 0.1) is 0 Å². The molecule has 1 saturated heterocycles. The molecule has 1 N–H and O–H groups in total. The molecule has 1 aliphatic heterocycles. The van der Waals surface area contributed by atoms with Crippen LogP contribution in [0.1, 0.15) is 45.4 Å². The van der Waals surface area contributed by atoms with Crippen molar-refractivity contribution in [1.29, 1.82) is 0 Å². The summed E-state index contributed by atoms with van der Waals surface area (Å²) < 4.78 is 0. The van der Waals surface area contributed by atoms with E-state index in [1.165, 1.54) is 38.5 Å². The number of hydrogen-bond acceptors (Lipinski definition) is 2. The van der Waals surface area contributed by atoms with Crippen molar-refractivity contribution in [3.8, 4) is 0 Å². The maximum Gasteiger partial charge on any atom is 0.169 e. The van der Waals surface area contributed by atoms with E-state index in [0.717, 1.165) is 24.7 Å². The molecule has 2 aliphatic rings. The Morgan fingerprint density at radius 3 is 2.61 bits per heavy atom. The largest absolute Gasteiger partial charge is 0.360 e. The molecule has 2 fully saturated rings. The maximum atomic E-state index is 5.59.